The van der Waals surface area contributed by atoms with Gasteiger partial charge in [0.2, 0.25) is 11.8 Å². The lowest BCUT2D eigenvalue weighted by atomic mass is 9.94. The first kappa shape index (κ1) is 22.3. The van der Waals surface area contributed by atoms with Crippen molar-refractivity contribution in [2.75, 3.05) is 32.7 Å². The van der Waals surface area contributed by atoms with Crippen LogP contribution < -0.4 is 5.32 Å². The Morgan fingerprint density at radius 1 is 0.906 bits per heavy atom. The predicted molar refractivity (Wildman–Crippen MR) is 128 cm³/mol. The van der Waals surface area contributed by atoms with Crippen LogP contribution in [0.25, 0.3) is 6.08 Å². The molecule has 5 heteroatoms. The molecule has 1 N–H and O–H groups in total. The second kappa shape index (κ2) is 11.1. The number of nitrogens with one attached hydrogen (secondary N) is 1. The van der Waals surface area contributed by atoms with E-state index in [2.05, 4.69) is 22.3 Å². The molecule has 2 heterocycles. The van der Waals surface area contributed by atoms with Crippen molar-refractivity contribution < 1.29 is 9.59 Å². The van der Waals surface area contributed by atoms with E-state index in [1.165, 1.54) is 12.8 Å². The van der Waals surface area contributed by atoms with Gasteiger partial charge < -0.3 is 15.1 Å². The first-order chi connectivity index (χ1) is 15.7. The number of carbonyl (C=O) groups excluding carboxylic acids is 2. The fourth-order valence-corrected chi connectivity index (χ4v) is 4.63. The van der Waals surface area contributed by atoms with Crippen molar-refractivity contribution in [1.29, 1.82) is 0 Å². The van der Waals surface area contributed by atoms with Crippen molar-refractivity contribution in [3.63, 3.8) is 0 Å². The minimum atomic E-state index is -0.0399. The molecule has 1 atom stereocenters. The molecule has 0 spiro atoms. The SMILES string of the molecule is O=C(NC(CN1CCCC1)c1ccccc1)C1CCN(C(=O)/C=C/c2ccccc2)CC1. The van der Waals surface area contributed by atoms with Crippen molar-refractivity contribution in [3.8, 4) is 0 Å². The number of amides is 2. The van der Waals surface area contributed by atoms with E-state index in [9.17, 15) is 9.59 Å². The van der Waals surface area contributed by atoms with E-state index in [0.717, 1.165) is 30.8 Å². The molecule has 2 aromatic carbocycles. The molecule has 2 aromatic rings. The van der Waals surface area contributed by atoms with E-state index < -0.39 is 0 Å². The molecular formula is C27H33N3O2. The van der Waals surface area contributed by atoms with E-state index in [0.29, 0.717) is 25.9 Å². The lowest BCUT2D eigenvalue weighted by Gasteiger charge is -2.32. The van der Waals surface area contributed by atoms with Crippen molar-refractivity contribution in [2.45, 2.75) is 31.7 Å². The van der Waals surface area contributed by atoms with E-state index in [1.807, 2.05) is 59.5 Å². The standard InChI is InChI=1S/C27H33N3O2/c31-26(14-13-22-9-3-1-4-10-22)30-19-15-24(16-20-30)27(32)28-25(21-29-17-7-8-18-29)23-11-5-2-6-12-23/h1-6,9-14,24-25H,7-8,15-21H2,(H,28,32)/b14-13+. The third kappa shape index (κ3) is 6.07. The summed E-state index contributed by atoms with van der Waals surface area (Å²) in [6.45, 7) is 4.32. The maximum Gasteiger partial charge on any atom is 0.246 e. The van der Waals surface area contributed by atoms with Crippen LogP contribution in [0.2, 0.25) is 0 Å². The smallest absolute Gasteiger partial charge is 0.246 e. The minimum Gasteiger partial charge on any atom is -0.348 e. The number of hydrogen-bond donors (Lipinski definition) is 1. The van der Waals surface area contributed by atoms with E-state index in [4.69, 9.17) is 0 Å². The van der Waals surface area contributed by atoms with Crippen LogP contribution in [0.15, 0.2) is 66.7 Å². The van der Waals surface area contributed by atoms with Gasteiger partial charge in [0, 0.05) is 31.6 Å². The predicted octanol–water partition coefficient (Wildman–Crippen LogP) is 3.89. The summed E-state index contributed by atoms with van der Waals surface area (Å²) in [5, 5.41) is 3.32. The Bertz CT molecular complexity index is 899. The highest BCUT2D eigenvalue weighted by atomic mass is 16.2. The Hall–Kier alpha value is -2.92. The van der Waals surface area contributed by atoms with Crippen LogP contribution in [-0.2, 0) is 9.59 Å². The largest absolute Gasteiger partial charge is 0.348 e. The molecule has 2 aliphatic heterocycles. The molecule has 0 radical (unpaired) electrons. The quantitative estimate of drug-likeness (QED) is 0.677. The van der Waals surface area contributed by atoms with Gasteiger partial charge in [-0.05, 0) is 56.0 Å². The molecule has 0 aromatic heterocycles. The molecule has 5 nitrogen and oxygen atoms in total. The number of nitrogens with zero attached hydrogens (tertiary/aromatic N) is 2. The number of benzene rings is 2. The zero-order chi connectivity index (χ0) is 22.2. The van der Waals surface area contributed by atoms with Crippen molar-refractivity contribution in [1.82, 2.24) is 15.1 Å². The highest BCUT2D eigenvalue weighted by Gasteiger charge is 2.29. The molecule has 2 aliphatic rings. The first-order valence-corrected chi connectivity index (χ1v) is 11.8. The maximum absolute atomic E-state index is 13.1. The summed E-state index contributed by atoms with van der Waals surface area (Å²) in [7, 11) is 0. The molecule has 0 bridgehead atoms. The summed E-state index contributed by atoms with van der Waals surface area (Å²) in [4.78, 5) is 29.9. The Labute approximate surface area is 191 Å². The van der Waals surface area contributed by atoms with Crippen LogP contribution in [0.3, 0.4) is 0 Å². The van der Waals surface area contributed by atoms with Gasteiger partial charge in [-0.3, -0.25) is 9.59 Å². The summed E-state index contributed by atoms with van der Waals surface area (Å²) in [6.07, 6.45) is 7.38. The average molecular weight is 432 g/mol. The van der Waals surface area contributed by atoms with Gasteiger partial charge >= 0.3 is 0 Å². The van der Waals surface area contributed by atoms with Gasteiger partial charge in [0.05, 0.1) is 6.04 Å². The van der Waals surface area contributed by atoms with Crippen LogP contribution in [-0.4, -0.2) is 54.3 Å². The minimum absolute atomic E-state index is 0.00951. The third-order valence-corrected chi connectivity index (χ3v) is 6.55. The maximum atomic E-state index is 13.1. The van der Waals surface area contributed by atoms with Crippen LogP contribution in [0.5, 0.6) is 0 Å². The van der Waals surface area contributed by atoms with Gasteiger partial charge in [-0.1, -0.05) is 60.7 Å². The zero-order valence-corrected chi connectivity index (χ0v) is 18.7. The highest BCUT2D eigenvalue weighted by Crippen LogP contribution is 2.22. The second-order valence-electron chi connectivity index (χ2n) is 8.82. The van der Waals surface area contributed by atoms with Gasteiger partial charge in [-0.2, -0.15) is 0 Å². The monoisotopic (exact) mass is 431 g/mol. The normalized spacial score (nSPS) is 18.7. The summed E-state index contributed by atoms with van der Waals surface area (Å²) < 4.78 is 0. The van der Waals surface area contributed by atoms with Crippen molar-refractivity contribution in [2.24, 2.45) is 5.92 Å². The van der Waals surface area contributed by atoms with E-state index in [1.54, 1.807) is 6.08 Å². The van der Waals surface area contributed by atoms with Crippen LogP contribution in [0.4, 0.5) is 0 Å². The third-order valence-electron chi connectivity index (χ3n) is 6.55. The number of likely N-dealkylation sites (tertiary alicyclic amines) is 2. The van der Waals surface area contributed by atoms with Gasteiger partial charge in [-0.25, -0.2) is 0 Å². The molecule has 0 saturated carbocycles. The summed E-state index contributed by atoms with van der Waals surface area (Å²) in [5.74, 6) is 0.0934. The fraction of sp³-hybridized carbons (Fsp3) is 0.407. The van der Waals surface area contributed by atoms with E-state index in [-0.39, 0.29) is 23.8 Å². The Kier molecular flexibility index (Phi) is 7.73. The van der Waals surface area contributed by atoms with Crippen LogP contribution in [0, 0.1) is 5.92 Å². The van der Waals surface area contributed by atoms with Crippen molar-refractivity contribution in [3.05, 3.63) is 77.9 Å². The molecule has 2 amide bonds. The molecule has 0 aliphatic carbocycles. The average Bonchev–Trinajstić information content (AvgIpc) is 3.36. The Morgan fingerprint density at radius 3 is 2.19 bits per heavy atom. The van der Waals surface area contributed by atoms with Gasteiger partial charge in [0.15, 0.2) is 0 Å². The molecular weight excluding hydrogens is 398 g/mol. The van der Waals surface area contributed by atoms with Gasteiger partial charge in [-0.15, -0.1) is 0 Å². The lowest BCUT2D eigenvalue weighted by molar-refractivity contribution is -0.132. The molecule has 1 unspecified atom stereocenters. The summed E-state index contributed by atoms with van der Waals surface area (Å²) >= 11 is 0. The van der Waals surface area contributed by atoms with E-state index >= 15 is 0 Å². The summed E-state index contributed by atoms with van der Waals surface area (Å²) in [6, 6.07) is 20.1. The number of rotatable bonds is 7. The molecule has 2 fully saturated rings. The van der Waals surface area contributed by atoms with Gasteiger partial charge in [0.25, 0.3) is 0 Å². The fourth-order valence-electron chi connectivity index (χ4n) is 4.63. The topological polar surface area (TPSA) is 52.7 Å². The number of piperidine rings is 1. The van der Waals surface area contributed by atoms with Crippen LogP contribution >= 0.6 is 0 Å². The second-order valence-corrected chi connectivity index (χ2v) is 8.82. The van der Waals surface area contributed by atoms with Crippen molar-refractivity contribution >= 4 is 17.9 Å². The zero-order valence-electron chi connectivity index (χ0n) is 18.7. The van der Waals surface area contributed by atoms with Gasteiger partial charge in [0.1, 0.15) is 0 Å². The molecule has 32 heavy (non-hydrogen) atoms. The molecule has 168 valence electrons. The molecule has 2 saturated heterocycles. The summed E-state index contributed by atoms with van der Waals surface area (Å²) in [5.41, 5.74) is 2.17. The Morgan fingerprint density at radius 2 is 1.53 bits per heavy atom. The number of carbonyl (C=O) groups is 2. The van der Waals surface area contributed by atoms with Crippen LogP contribution in [0.1, 0.15) is 42.9 Å². The number of hydrogen-bond acceptors (Lipinski definition) is 3. The highest BCUT2D eigenvalue weighted by molar-refractivity contribution is 5.92. The Balaban J connectivity index is 1.30. The lowest BCUT2D eigenvalue weighted by Crippen LogP contribution is -2.44. The molecule has 4 rings (SSSR count). The first-order valence-electron chi connectivity index (χ1n) is 11.8.